The first-order valence-electron chi connectivity index (χ1n) is 3.82. The lowest BCUT2D eigenvalue weighted by Crippen LogP contribution is -2.17. The molecule has 70 valence electrons. The van der Waals surface area contributed by atoms with E-state index in [1.807, 2.05) is 0 Å². The van der Waals surface area contributed by atoms with Crippen molar-refractivity contribution in [1.29, 1.82) is 0 Å². The Kier molecular flexibility index (Phi) is 4.78. The van der Waals surface area contributed by atoms with E-state index < -0.39 is 8.07 Å². The largest absolute Gasteiger partial charge is 0.460 e. The molecule has 12 heavy (non-hydrogen) atoms. The summed E-state index contributed by atoms with van der Waals surface area (Å²) < 4.78 is 5.79. The van der Waals surface area contributed by atoms with Crippen molar-refractivity contribution in [3.63, 3.8) is 0 Å². The van der Waals surface area contributed by atoms with Gasteiger partial charge in [-0.15, -0.1) is 0 Å². The number of hydrogen-bond acceptors (Lipinski definition) is 2. The van der Waals surface area contributed by atoms with Crippen molar-refractivity contribution in [2.24, 2.45) is 0 Å². The average Bonchev–Trinajstić information content (AvgIpc) is 1.79. The van der Waals surface area contributed by atoms with Crippen molar-refractivity contribution in [3.8, 4) is 0 Å². The Morgan fingerprint density at radius 1 is 1.50 bits per heavy atom. The smallest absolute Gasteiger partial charge is 0.302 e. The van der Waals surface area contributed by atoms with Crippen molar-refractivity contribution < 1.29 is 9.53 Å². The van der Waals surface area contributed by atoms with Gasteiger partial charge in [-0.2, -0.15) is 0 Å². The summed E-state index contributed by atoms with van der Waals surface area (Å²) in [5, 5.41) is 0. The molecule has 0 rings (SSSR count). The Bertz CT molecular complexity index is 194. The predicted octanol–water partition coefficient (Wildman–Crippen LogP) is 2.71. The van der Waals surface area contributed by atoms with Crippen LogP contribution in [0.4, 0.5) is 0 Å². The lowest BCUT2D eigenvalue weighted by Gasteiger charge is -2.10. The molecule has 0 aromatic rings. The van der Waals surface area contributed by atoms with Crippen LogP contribution in [0.5, 0.6) is 0 Å². The molecule has 2 nitrogen and oxygen atoms in total. The number of hydrogen-bond donors (Lipinski definition) is 0. The Morgan fingerprint density at radius 3 is 2.33 bits per heavy atom. The lowest BCUT2D eigenvalue weighted by molar-refractivity contribution is -0.139. The van der Waals surface area contributed by atoms with Crippen LogP contribution in [-0.2, 0) is 9.53 Å². The number of carbonyl (C=O) groups is 1. The molecule has 0 aromatic heterocycles. The van der Waals surface area contributed by atoms with Gasteiger partial charge in [-0.25, -0.2) is 0 Å². The van der Waals surface area contributed by atoms with E-state index in [0.717, 1.165) is 4.48 Å². The van der Waals surface area contributed by atoms with E-state index in [1.54, 1.807) is 0 Å². The van der Waals surface area contributed by atoms with Crippen molar-refractivity contribution in [1.82, 2.24) is 0 Å². The third-order valence-corrected chi connectivity index (χ3v) is 3.10. The number of esters is 1. The maximum Gasteiger partial charge on any atom is 0.302 e. The zero-order chi connectivity index (χ0) is 9.78. The molecule has 0 N–H and O–H groups in total. The third-order valence-electron chi connectivity index (χ3n) is 1.00. The van der Waals surface area contributed by atoms with Crippen molar-refractivity contribution in [2.75, 3.05) is 6.61 Å². The molecule has 0 fully saturated rings. The van der Waals surface area contributed by atoms with Gasteiger partial charge in [0.1, 0.15) is 6.61 Å². The molecule has 0 aromatic carbocycles. The maximum atomic E-state index is 10.5. The first-order chi connectivity index (χ1) is 5.31. The summed E-state index contributed by atoms with van der Waals surface area (Å²) in [7, 11) is -1.19. The summed E-state index contributed by atoms with van der Waals surface area (Å²) in [4.78, 5) is 10.5. The molecular weight excluding hydrogens is 236 g/mol. The van der Waals surface area contributed by atoms with Gasteiger partial charge in [0.15, 0.2) is 0 Å². The second kappa shape index (κ2) is 4.82. The molecule has 0 atom stereocenters. The Hall–Kier alpha value is -0.0931. The van der Waals surface area contributed by atoms with Crippen molar-refractivity contribution in [2.45, 2.75) is 26.6 Å². The zero-order valence-corrected chi connectivity index (χ0v) is 10.6. The molecule has 0 saturated heterocycles. The van der Waals surface area contributed by atoms with E-state index in [4.69, 9.17) is 4.74 Å². The molecule has 4 heteroatoms. The number of ether oxygens (including phenoxy) is 1. The van der Waals surface area contributed by atoms with Crippen LogP contribution in [0.15, 0.2) is 10.2 Å². The second-order valence-electron chi connectivity index (χ2n) is 3.74. The van der Waals surface area contributed by atoms with Crippen LogP contribution >= 0.6 is 15.9 Å². The number of rotatable bonds is 3. The summed E-state index contributed by atoms with van der Waals surface area (Å²) in [6.45, 7) is 8.44. The van der Waals surface area contributed by atoms with E-state index in [9.17, 15) is 4.79 Å². The van der Waals surface area contributed by atoms with Gasteiger partial charge in [-0.05, 0) is 0 Å². The monoisotopic (exact) mass is 250 g/mol. The summed E-state index contributed by atoms with van der Waals surface area (Å²) in [6, 6.07) is 0. The quantitative estimate of drug-likeness (QED) is 0.569. The fourth-order valence-electron chi connectivity index (χ4n) is 0.682. The van der Waals surface area contributed by atoms with Crippen LogP contribution in [-0.4, -0.2) is 20.7 Å². The van der Waals surface area contributed by atoms with Gasteiger partial charge in [-0.1, -0.05) is 41.3 Å². The van der Waals surface area contributed by atoms with Crippen molar-refractivity contribution >= 4 is 30.0 Å². The highest BCUT2D eigenvalue weighted by Crippen LogP contribution is 2.12. The Balaban J connectivity index is 3.95. The maximum absolute atomic E-state index is 10.5. The SMILES string of the molecule is CC(=O)OC/C(Br)=C/[Si](C)(C)C. The fourth-order valence-corrected chi connectivity index (χ4v) is 3.88. The molecule has 0 bridgehead atoms. The average molecular weight is 251 g/mol. The van der Waals surface area contributed by atoms with Gasteiger partial charge in [0, 0.05) is 11.4 Å². The minimum absolute atomic E-state index is 0.240. The van der Waals surface area contributed by atoms with Gasteiger partial charge in [0.05, 0.1) is 8.07 Å². The minimum atomic E-state index is -1.19. The summed E-state index contributed by atoms with van der Waals surface area (Å²) in [6.07, 6.45) is 0. The van der Waals surface area contributed by atoms with Gasteiger partial charge in [-0.3, -0.25) is 4.79 Å². The van der Waals surface area contributed by atoms with E-state index in [1.165, 1.54) is 6.92 Å². The highest BCUT2D eigenvalue weighted by Gasteiger charge is 2.10. The molecular formula is C8H15BrO2Si. The topological polar surface area (TPSA) is 26.3 Å². The van der Waals surface area contributed by atoms with Gasteiger partial charge >= 0.3 is 5.97 Å². The predicted molar refractivity (Wildman–Crippen MR) is 57.0 cm³/mol. The molecule has 0 unspecified atom stereocenters. The molecule has 0 saturated carbocycles. The minimum Gasteiger partial charge on any atom is -0.460 e. The van der Waals surface area contributed by atoms with Gasteiger partial charge in [0.25, 0.3) is 0 Å². The molecule has 0 aliphatic rings. The van der Waals surface area contributed by atoms with Crippen LogP contribution in [0, 0.1) is 0 Å². The second-order valence-corrected chi connectivity index (χ2v) is 9.78. The van der Waals surface area contributed by atoms with Gasteiger partial charge < -0.3 is 4.74 Å². The van der Waals surface area contributed by atoms with Gasteiger partial charge in [0.2, 0.25) is 0 Å². The van der Waals surface area contributed by atoms with Crippen LogP contribution in [0.25, 0.3) is 0 Å². The van der Waals surface area contributed by atoms with E-state index >= 15 is 0 Å². The summed E-state index contributed by atoms with van der Waals surface area (Å²) in [5.41, 5.74) is 2.16. The van der Waals surface area contributed by atoms with Crippen LogP contribution < -0.4 is 0 Å². The Labute approximate surface area is 83.1 Å². The normalized spacial score (nSPS) is 12.9. The van der Waals surface area contributed by atoms with Crippen LogP contribution in [0.1, 0.15) is 6.92 Å². The molecule has 0 aliphatic carbocycles. The van der Waals surface area contributed by atoms with Crippen LogP contribution in [0.2, 0.25) is 19.6 Å². The third kappa shape index (κ3) is 8.01. The molecule has 0 heterocycles. The summed E-state index contributed by atoms with van der Waals surface area (Å²) >= 11 is 3.36. The standard InChI is InChI=1S/C8H15BrO2Si/c1-7(10)11-5-8(9)6-12(2,3)4/h6H,5H2,1-4H3/b8-6-. The zero-order valence-electron chi connectivity index (χ0n) is 7.98. The van der Waals surface area contributed by atoms with E-state index in [2.05, 4.69) is 41.3 Å². The summed E-state index contributed by atoms with van der Waals surface area (Å²) in [5.74, 6) is -0.240. The molecule has 0 spiro atoms. The fraction of sp³-hybridized carbons (Fsp3) is 0.625. The highest BCUT2D eigenvalue weighted by atomic mass is 79.9. The first kappa shape index (κ1) is 11.9. The number of carbonyl (C=O) groups excluding carboxylic acids is 1. The molecule has 0 amide bonds. The first-order valence-corrected chi connectivity index (χ1v) is 8.19. The molecule has 0 aliphatic heterocycles. The lowest BCUT2D eigenvalue weighted by atomic mass is 10.7. The highest BCUT2D eigenvalue weighted by molar-refractivity contribution is 9.11. The van der Waals surface area contributed by atoms with E-state index in [-0.39, 0.29) is 5.97 Å². The number of halogens is 1. The van der Waals surface area contributed by atoms with Crippen molar-refractivity contribution in [3.05, 3.63) is 10.2 Å². The van der Waals surface area contributed by atoms with Crippen LogP contribution in [0.3, 0.4) is 0 Å². The molecule has 0 radical (unpaired) electrons. The Morgan fingerprint density at radius 2 is 2.00 bits per heavy atom. The van der Waals surface area contributed by atoms with E-state index in [0.29, 0.717) is 6.61 Å².